The SMILES string of the molecule is Cc1cccc2c(Cl)nc(-c3csc(Br)c3)nc12. The van der Waals surface area contributed by atoms with Gasteiger partial charge < -0.3 is 0 Å². The second-order valence-corrected chi connectivity index (χ2v) is 6.60. The van der Waals surface area contributed by atoms with Crippen LogP contribution in [0.5, 0.6) is 0 Å². The van der Waals surface area contributed by atoms with Crippen molar-refractivity contribution in [3.63, 3.8) is 0 Å². The van der Waals surface area contributed by atoms with E-state index in [1.165, 1.54) is 0 Å². The number of nitrogens with zero attached hydrogens (tertiary/aromatic N) is 2. The molecule has 3 rings (SSSR count). The van der Waals surface area contributed by atoms with Crippen LogP contribution in [0.15, 0.2) is 33.4 Å². The smallest absolute Gasteiger partial charge is 0.162 e. The topological polar surface area (TPSA) is 25.8 Å². The average Bonchev–Trinajstić information content (AvgIpc) is 2.77. The van der Waals surface area contributed by atoms with E-state index in [4.69, 9.17) is 11.6 Å². The fourth-order valence-electron chi connectivity index (χ4n) is 1.81. The number of aromatic nitrogens is 2. The highest BCUT2D eigenvalue weighted by molar-refractivity contribution is 9.11. The van der Waals surface area contributed by atoms with Gasteiger partial charge in [-0.3, -0.25) is 0 Å². The number of fused-ring (bicyclic) bond motifs is 1. The molecule has 1 aromatic carbocycles. The molecule has 0 aliphatic rings. The normalized spacial score (nSPS) is 11.1. The van der Waals surface area contributed by atoms with Crippen LogP contribution in [0.2, 0.25) is 5.15 Å². The van der Waals surface area contributed by atoms with Crippen molar-refractivity contribution in [2.45, 2.75) is 6.92 Å². The number of para-hydroxylation sites is 1. The molecule has 0 fully saturated rings. The van der Waals surface area contributed by atoms with Crippen LogP contribution in [0, 0.1) is 6.92 Å². The van der Waals surface area contributed by atoms with Gasteiger partial charge in [-0.25, -0.2) is 9.97 Å². The zero-order valence-corrected chi connectivity index (χ0v) is 12.6. The molecule has 0 saturated carbocycles. The van der Waals surface area contributed by atoms with E-state index in [9.17, 15) is 0 Å². The maximum Gasteiger partial charge on any atom is 0.162 e. The summed E-state index contributed by atoms with van der Waals surface area (Å²) in [6, 6.07) is 7.94. The van der Waals surface area contributed by atoms with Crippen molar-refractivity contribution < 1.29 is 0 Å². The number of rotatable bonds is 1. The van der Waals surface area contributed by atoms with Crippen LogP contribution in [0.1, 0.15) is 5.56 Å². The Hall–Kier alpha value is -0.970. The summed E-state index contributed by atoms with van der Waals surface area (Å²) in [6.45, 7) is 2.03. The van der Waals surface area contributed by atoms with Crippen LogP contribution in [-0.2, 0) is 0 Å². The molecule has 3 aromatic rings. The molecule has 0 aliphatic carbocycles. The van der Waals surface area contributed by atoms with E-state index >= 15 is 0 Å². The predicted molar refractivity (Wildman–Crippen MR) is 80.3 cm³/mol. The van der Waals surface area contributed by atoms with Crippen LogP contribution in [0.4, 0.5) is 0 Å². The summed E-state index contributed by atoms with van der Waals surface area (Å²) in [7, 11) is 0. The lowest BCUT2D eigenvalue weighted by atomic mass is 10.1. The number of hydrogen-bond donors (Lipinski definition) is 0. The molecule has 0 N–H and O–H groups in total. The molecule has 0 unspecified atom stereocenters. The van der Waals surface area contributed by atoms with Gasteiger partial charge in [0.2, 0.25) is 0 Å². The zero-order valence-electron chi connectivity index (χ0n) is 9.45. The van der Waals surface area contributed by atoms with Crippen LogP contribution in [-0.4, -0.2) is 9.97 Å². The lowest BCUT2D eigenvalue weighted by molar-refractivity contribution is 1.22. The van der Waals surface area contributed by atoms with Gasteiger partial charge in [0.25, 0.3) is 0 Å². The predicted octanol–water partition coefficient (Wildman–Crippen LogP) is 5.08. The van der Waals surface area contributed by atoms with Crippen molar-refractivity contribution in [3.05, 3.63) is 44.1 Å². The molecule has 0 spiro atoms. The maximum absolute atomic E-state index is 6.23. The molecule has 90 valence electrons. The standard InChI is InChI=1S/C13H8BrClN2S/c1-7-3-2-4-9-11(7)16-13(17-12(9)15)8-5-10(14)18-6-8/h2-6H,1H3. The highest BCUT2D eigenvalue weighted by Gasteiger charge is 2.10. The van der Waals surface area contributed by atoms with Gasteiger partial charge in [-0.15, -0.1) is 11.3 Å². The van der Waals surface area contributed by atoms with Crippen molar-refractivity contribution in [1.29, 1.82) is 0 Å². The van der Waals surface area contributed by atoms with E-state index in [0.717, 1.165) is 25.8 Å². The second-order valence-electron chi connectivity index (χ2n) is 3.95. The minimum absolute atomic E-state index is 0.501. The maximum atomic E-state index is 6.23. The van der Waals surface area contributed by atoms with E-state index in [2.05, 4.69) is 25.9 Å². The highest BCUT2D eigenvalue weighted by atomic mass is 79.9. The van der Waals surface area contributed by atoms with Gasteiger partial charge in [0.15, 0.2) is 5.82 Å². The van der Waals surface area contributed by atoms with E-state index in [0.29, 0.717) is 11.0 Å². The summed E-state index contributed by atoms with van der Waals surface area (Å²) in [5, 5.41) is 3.41. The fourth-order valence-corrected chi connectivity index (χ4v) is 3.18. The third-order valence-corrected chi connectivity index (χ3v) is 4.50. The number of hydrogen-bond acceptors (Lipinski definition) is 3. The Bertz CT molecular complexity index is 739. The number of aryl methyl sites for hydroxylation is 1. The Morgan fingerprint density at radius 2 is 2.11 bits per heavy atom. The zero-order chi connectivity index (χ0) is 12.7. The van der Waals surface area contributed by atoms with E-state index in [1.54, 1.807) is 11.3 Å². The van der Waals surface area contributed by atoms with Crippen LogP contribution in [0.3, 0.4) is 0 Å². The molecule has 0 bridgehead atoms. The number of thiophene rings is 1. The minimum Gasteiger partial charge on any atom is -0.228 e. The molecule has 2 aromatic heterocycles. The van der Waals surface area contributed by atoms with Crippen LogP contribution >= 0.6 is 38.9 Å². The summed E-state index contributed by atoms with van der Waals surface area (Å²) >= 11 is 11.3. The van der Waals surface area contributed by atoms with Gasteiger partial charge in [0.1, 0.15) is 5.15 Å². The van der Waals surface area contributed by atoms with Crippen LogP contribution < -0.4 is 0 Å². The van der Waals surface area contributed by atoms with Gasteiger partial charge >= 0.3 is 0 Å². The molecule has 5 heteroatoms. The van der Waals surface area contributed by atoms with Gasteiger partial charge in [-0.2, -0.15) is 0 Å². The first-order chi connectivity index (χ1) is 8.65. The molecule has 0 atom stereocenters. The summed E-state index contributed by atoms with van der Waals surface area (Å²) in [5.74, 6) is 0.670. The number of halogens is 2. The quantitative estimate of drug-likeness (QED) is 0.578. The minimum atomic E-state index is 0.501. The van der Waals surface area contributed by atoms with E-state index in [-0.39, 0.29) is 0 Å². The van der Waals surface area contributed by atoms with Gasteiger partial charge in [0.05, 0.1) is 9.30 Å². The van der Waals surface area contributed by atoms with Crippen molar-refractivity contribution >= 4 is 49.8 Å². The highest BCUT2D eigenvalue weighted by Crippen LogP contribution is 2.30. The van der Waals surface area contributed by atoms with E-state index < -0.39 is 0 Å². The first-order valence-electron chi connectivity index (χ1n) is 5.32. The second kappa shape index (κ2) is 4.61. The first-order valence-corrected chi connectivity index (χ1v) is 7.37. The number of benzene rings is 1. The molecule has 2 nitrogen and oxygen atoms in total. The summed E-state index contributed by atoms with van der Waals surface area (Å²) in [4.78, 5) is 8.98. The van der Waals surface area contributed by atoms with Crippen molar-refractivity contribution in [2.75, 3.05) is 0 Å². The first kappa shape index (κ1) is 12.1. The van der Waals surface area contributed by atoms with Crippen molar-refractivity contribution in [3.8, 4) is 11.4 Å². The Balaban J connectivity index is 2.29. The summed E-state index contributed by atoms with van der Waals surface area (Å²) in [5.41, 5.74) is 3.00. The molecule has 2 heterocycles. The Kier molecular flexibility index (Phi) is 3.09. The van der Waals surface area contributed by atoms with E-state index in [1.807, 2.05) is 36.6 Å². The molecular formula is C13H8BrClN2S. The lowest BCUT2D eigenvalue weighted by Crippen LogP contribution is -1.92. The average molecular weight is 340 g/mol. The summed E-state index contributed by atoms with van der Waals surface area (Å²) < 4.78 is 1.06. The van der Waals surface area contributed by atoms with Crippen molar-refractivity contribution in [1.82, 2.24) is 9.97 Å². The van der Waals surface area contributed by atoms with Gasteiger partial charge in [0, 0.05) is 16.3 Å². The van der Waals surface area contributed by atoms with Gasteiger partial charge in [-0.05, 0) is 40.5 Å². The van der Waals surface area contributed by atoms with Crippen molar-refractivity contribution in [2.24, 2.45) is 0 Å². The largest absolute Gasteiger partial charge is 0.228 e. The molecular weight excluding hydrogens is 332 g/mol. The van der Waals surface area contributed by atoms with Gasteiger partial charge in [-0.1, -0.05) is 23.7 Å². The Morgan fingerprint density at radius 3 is 2.83 bits per heavy atom. The third-order valence-electron chi connectivity index (χ3n) is 2.71. The molecule has 18 heavy (non-hydrogen) atoms. The third kappa shape index (κ3) is 2.05. The molecule has 0 radical (unpaired) electrons. The molecule has 0 amide bonds. The fraction of sp³-hybridized carbons (Fsp3) is 0.0769. The molecule has 0 saturated heterocycles. The monoisotopic (exact) mass is 338 g/mol. The Labute approximate surface area is 122 Å². The van der Waals surface area contributed by atoms with Crippen LogP contribution in [0.25, 0.3) is 22.3 Å². The molecule has 0 aliphatic heterocycles. The summed E-state index contributed by atoms with van der Waals surface area (Å²) in [6.07, 6.45) is 0. The lowest BCUT2D eigenvalue weighted by Gasteiger charge is -2.05. The Morgan fingerprint density at radius 1 is 1.28 bits per heavy atom.